The molecular weight excluding hydrogens is 190 g/mol. The van der Waals surface area contributed by atoms with E-state index in [0.29, 0.717) is 13.0 Å². The Labute approximate surface area is 89.8 Å². The van der Waals surface area contributed by atoms with Gasteiger partial charge in [-0.3, -0.25) is 4.79 Å². The van der Waals surface area contributed by atoms with Crippen LogP contribution >= 0.6 is 0 Å². The van der Waals surface area contributed by atoms with Crippen LogP contribution in [0.4, 0.5) is 0 Å². The number of benzene rings is 1. The largest absolute Gasteiger partial charge is 0.497 e. The third-order valence-corrected chi connectivity index (χ3v) is 1.97. The van der Waals surface area contributed by atoms with Crippen molar-refractivity contribution in [1.29, 1.82) is 0 Å². The maximum Gasteiger partial charge on any atom is 0.224 e. The summed E-state index contributed by atoms with van der Waals surface area (Å²) >= 11 is 0. The first-order chi connectivity index (χ1) is 7.26. The molecule has 0 bridgehead atoms. The van der Waals surface area contributed by atoms with Gasteiger partial charge in [0.25, 0.3) is 0 Å². The Morgan fingerprint density at radius 2 is 2.13 bits per heavy atom. The van der Waals surface area contributed by atoms with Gasteiger partial charge in [0.15, 0.2) is 0 Å². The van der Waals surface area contributed by atoms with Crippen LogP contribution in [0.25, 0.3) is 0 Å². The summed E-state index contributed by atoms with van der Waals surface area (Å²) in [4.78, 5) is 11.3. The lowest BCUT2D eigenvalue weighted by Crippen LogP contribution is -2.24. The highest BCUT2D eigenvalue weighted by Gasteiger charge is 2.01. The van der Waals surface area contributed by atoms with Crippen molar-refractivity contribution in [2.45, 2.75) is 6.42 Å². The minimum atomic E-state index is 0.0000619. The van der Waals surface area contributed by atoms with E-state index in [1.807, 2.05) is 24.3 Å². The first-order valence-corrected chi connectivity index (χ1v) is 4.77. The number of carbonyl (C=O) groups excluding carboxylic acids is 1. The molecule has 80 valence electrons. The quantitative estimate of drug-likeness (QED) is 0.740. The van der Waals surface area contributed by atoms with E-state index in [9.17, 15) is 4.79 Å². The topological polar surface area (TPSA) is 38.3 Å². The molecule has 0 aliphatic heterocycles. The molecule has 1 N–H and O–H groups in total. The Kier molecular flexibility index (Phi) is 4.41. The van der Waals surface area contributed by atoms with Gasteiger partial charge in [-0.15, -0.1) is 6.58 Å². The lowest BCUT2D eigenvalue weighted by atomic mass is 10.1. The zero-order valence-electron chi connectivity index (χ0n) is 8.82. The van der Waals surface area contributed by atoms with E-state index >= 15 is 0 Å². The Morgan fingerprint density at radius 1 is 1.47 bits per heavy atom. The van der Waals surface area contributed by atoms with E-state index < -0.39 is 0 Å². The first kappa shape index (κ1) is 11.3. The third-order valence-electron chi connectivity index (χ3n) is 1.97. The molecule has 0 radical (unpaired) electrons. The molecule has 1 rings (SSSR count). The third kappa shape index (κ3) is 3.85. The second-order valence-corrected chi connectivity index (χ2v) is 3.12. The molecule has 3 heteroatoms. The second-order valence-electron chi connectivity index (χ2n) is 3.12. The monoisotopic (exact) mass is 205 g/mol. The average Bonchev–Trinajstić information content (AvgIpc) is 2.27. The molecule has 0 heterocycles. The van der Waals surface area contributed by atoms with E-state index in [2.05, 4.69) is 11.9 Å². The lowest BCUT2D eigenvalue weighted by Gasteiger charge is -2.03. The molecule has 15 heavy (non-hydrogen) atoms. The molecule has 1 amide bonds. The summed E-state index contributed by atoms with van der Waals surface area (Å²) < 4.78 is 5.03. The highest BCUT2D eigenvalue weighted by Crippen LogP contribution is 2.11. The van der Waals surface area contributed by atoms with Crippen LogP contribution in [0.15, 0.2) is 36.9 Å². The van der Waals surface area contributed by atoms with Gasteiger partial charge in [0, 0.05) is 6.54 Å². The van der Waals surface area contributed by atoms with Gasteiger partial charge in [0.1, 0.15) is 5.75 Å². The molecule has 0 fully saturated rings. The van der Waals surface area contributed by atoms with Gasteiger partial charge in [-0.25, -0.2) is 0 Å². The van der Waals surface area contributed by atoms with Crippen molar-refractivity contribution in [3.05, 3.63) is 42.5 Å². The molecule has 0 unspecified atom stereocenters. The Morgan fingerprint density at radius 3 is 2.67 bits per heavy atom. The fraction of sp³-hybridized carbons (Fsp3) is 0.250. The summed E-state index contributed by atoms with van der Waals surface area (Å²) in [5.41, 5.74) is 0.970. The number of nitrogens with one attached hydrogen (secondary N) is 1. The van der Waals surface area contributed by atoms with Crippen molar-refractivity contribution in [2.75, 3.05) is 13.7 Å². The highest BCUT2D eigenvalue weighted by atomic mass is 16.5. The molecular formula is C12H15NO2. The highest BCUT2D eigenvalue weighted by molar-refractivity contribution is 5.78. The molecule has 0 atom stereocenters. The van der Waals surface area contributed by atoms with Crippen LogP contribution in [0, 0.1) is 0 Å². The fourth-order valence-electron chi connectivity index (χ4n) is 1.18. The maximum atomic E-state index is 11.3. The summed E-state index contributed by atoms with van der Waals surface area (Å²) in [5.74, 6) is 0.797. The molecule has 0 spiro atoms. The SMILES string of the molecule is C=CCNC(=O)Cc1ccc(OC)cc1. The summed E-state index contributed by atoms with van der Waals surface area (Å²) in [5, 5.41) is 2.72. The molecule has 1 aromatic rings. The van der Waals surface area contributed by atoms with Gasteiger partial charge in [0.05, 0.1) is 13.5 Å². The predicted octanol–water partition coefficient (Wildman–Crippen LogP) is 1.54. The van der Waals surface area contributed by atoms with Crippen LogP contribution in [0.1, 0.15) is 5.56 Å². The van der Waals surface area contributed by atoms with Crippen LogP contribution < -0.4 is 10.1 Å². The van der Waals surface area contributed by atoms with Crippen molar-refractivity contribution in [3.63, 3.8) is 0 Å². The lowest BCUT2D eigenvalue weighted by molar-refractivity contribution is -0.120. The van der Waals surface area contributed by atoms with Crippen molar-refractivity contribution in [2.24, 2.45) is 0 Å². The van der Waals surface area contributed by atoms with Crippen LogP contribution in [-0.4, -0.2) is 19.6 Å². The number of amides is 1. The van der Waals surface area contributed by atoms with Gasteiger partial charge in [-0.1, -0.05) is 18.2 Å². The minimum absolute atomic E-state index is 0.0000619. The van der Waals surface area contributed by atoms with Gasteiger partial charge in [-0.05, 0) is 17.7 Å². The average molecular weight is 205 g/mol. The van der Waals surface area contributed by atoms with Crippen molar-refractivity contribution < 1.29 is 9.53 Å². The van der Waals surface area contributed by atoms with Crippen LogP contribution in [0.2, 0.25) is 0 Å². The zero-order chi connectivity index (χ0) is 11.1. The molecule has 0 aromatic heterocycles. The molecule has 0 saturated heterocycles. The molecule has 3 nitrogen and oxygen atoms in total. The number of ether oxygens (including phenoxy) is 1. The Balaban J connectivity index is 2.49. The number of rotatable bonds is 5. The van der Waals surface area contributed by atoms with Gasteiger partial charge in [0.2, 0.25) is 5.91 Å². The van der Waals surface area contributed by atoms with Crippen LogP contribution in [0.3, 0.4) is 0 Å². The van der Waals surface area contributed by atoms with E-state index in [1.165, 1.54) is 0 Å². The molecule has 0 aliphatic rings. The fourth-order valence-corrected chi connectivity index (χ4v) is 1.18. The maximum absolute atomic E-state index is 11.3. The van der Waals surface area contributed by atoms with Gasteiger partial charge < -0.3 is 10.1 Å². The summed E-state index contributed by atoms with van der Waals surface area (Å²) in [6.45, 7) is 4.04. The van der Waals surface area contributed by atoms with E-state index in [0.717, 1.165) is 11.3 Å². The van der Waals surface area contributed by atoms with Crippen LogP contribution in [0.5, 0.6) is 5.75 Å². The number of hydrogen-bond acceptors (Lipinski definition) is 2. The van der Waals surface area contributed by atoms with E-state index in [-0.39, 0.29) is 5.91 Å². The smallest absolute Gasteiger partial charge is 0.224 e. The first-order valence-electron chi connectivity index (χ1n) is 4.77. The molecule has 1 aromatic carbocycles. The van der Waals surface area contributed by atoms with Crippen molar-refractivity contribution in [3.8, 4) is 5.75 Å². The zero-order valence-corrected chi connectivity index (χ0v) is 8.82. The normalized spacial score (nSPS) is 9.40. The minimum Gasteiger partial charge on any atom is -0.497 e. The summed E-state index contributed by atoms with van der Waals surface area (Å²) in [6.07, 6.45) is 2.05. The van der Waals surface area contributed by atoms with Gasteiger partial charge >= 0.3 is 0 Å². The van der Waals surface area contributed by atoms with Crippen LogP contribution in [-0.2, 0) is 11.2 Å². The summed E-state index contributed by atoms with van der Waals surface area (Å²) in [7, 11) is 1.62. The second kappa shape index (κ2) is 5.86. The van der Waals surface area contributed by atoms with E-state index in [1.54, 1.807) is 13.2 Å². The Bertz CT molecular complexity index is 330. The standard InChI is InChI=1S/C12H15NO2/c1-3-8-13-12(14)9-10-4-6-11(15-2)7-5-10/h3-7H,1,8-9H2,2H3,(H,13,14). The van der Waals surface area contributed by atoms with E-state index in [4.69, 9.17) is 4.74 Å². The van der Waals surface area contributed by atoms with Crippen molar-refractivity contribution in [1.82, 2.24) is 5.32 Å². The molecule has 0 saturated carbocycles. The number of methoxy groups -OCH3 is 1. The van der Waals surface area contributed by atoms with Crippen molar-refractivity contribution >= 4 is 5.91 Å². The number of carbonyl (C=O) groups is 1. The predicted molar refractivity (Wildman–Crippen MR) is 59.9 cm³/mol. The molecule has 0 aliphatic carbocycles. The van der Waals surface area contributed by atoms with Gasteiger partial charge in [-0.2, -0.15) is 0 Å². The summed E-state index contributed by atoms with van der Waals surface area (Å²) in [6, 6.07) is 7.45. The Hall–Kier alpha value is -1.77. The number of hydrogen-bond donors (Lipinski definition) is 1.